The molecule has 0 aliphatic carbocycles. The molecule has 0 unspecified atom stereocenters. The number of guanidine groups is 1. The van der Waals surface area contributed by atoms with E-state index in [1.807, 2.05) is 51.1 Å². The van der Waals surface area contributed by atoms with Gasteiger partial charge >= 0.3 is 0 Å². The van der Waals surface area contributed by atoms with Gasteiger partial charge in [0, 0.05) is 25.4 Å². The Morgan fingerprint density at radius 2 is 1.96 bits per heavy atom. The Morgan fingerprint density at radius 3 is 2.59 bits per heavy atom. The molecule has 0 aliphatic heterocycles. The number of rotatable bonds is 8. The third kappa shape index (κ3) is 8.47. The summed E-state index contributed by atoms with van der Waals surface area (Å²) in [5, 5.41) is 6.59. The van der Waals surface area contributed by atoms with Crippen LogP contribution in [0.15, 0.2) is 47.6 Å². The minimum atomic E-state index is 0. The minimum Gasteiger partial charge on any atom is -0.497 e. The summed E-state index contributed by atoms with van der Waals surface area (Å²) in [6, 6.07) is 11.8. The van der Waals surface area contributed by atoms with Gasteiger partial charge in [-0.05, 0) is 44.0 Å². The van der Waals surface area contributed by atoms with Gasteiger partial charge in [0.05, 0.1) is 19.8 Å². The number of nitrogens with one attached hydrogen (secondary N) is 2. The molecule has 0 amide bonds. The summed E-state index contributed by atoms with van der Waals surface area (Å²) in [4.78, 5) is 8.92. The van der Waals surface area contributed by atoms with Crippen LogP contribution in [0.1, 0.15) is 31.9 Å². The van der Waals surface area contributed by atoms with Gasteiger partial charge in [-0.15, -0.1) is 24.0 Å². The smallest absolute Gasteiger partial charge is 0.213 e. The molecule has 2 rings (SSSR count). The van der Waals surface area contributed by atoms with Crippen molar-refractivity contribution in [2.45, 2.75) is 40.0 Å². The maximum Gasteiger partial charge on any atom is 0.213 e. The average molecular weight is 484 g/mol. The normalized spacial score (nSPS) is 10.9. The SMILES string of the molecule is CCNC(=NCc1ccc(OC(C)C)nc1)NCc1cccc(OC)c1.I. The van der Waals surface area contributed by atoms with Crippen LogP contribution in [0.4, 0.5) is 0 Å². The zero-order valence-corrected chi connectivity index (χ0v) is 18.7. The Kier molecular flexibility index (Phi) is 10.5. The van der Waals surface area contributed by atoms with Crippen molar-refractivity contribution in [3.8, 4) is 11.6 Å². The monoisotopic (exact) mass is 484 g/mol. The van der Waals surface area contributed by atoms with E-state index in [1.165, 1.54) is 0 Å². The highest BCUT2D eigenvalue weighted by Crippen LogP contribution is 2.12. The van der Waals surface area contributed by atoms with Crippen LogP contribution in [0, 0.1) is 0 Å². The second-order valence-electron chi connectivity index (χ2n) is 6.07. The first-order valence-corrected chi connectivity index (χ1v) is 8.87. The molecule has 7 heteroatoms. The van der Waals surface area contributed by atoms with Crippen molar-refractivity contribution in [3.63, 3.8) is 0 Å². The van der Waals surface area contributed by atoms with Gasteiger partial charge in [0.1, 0.15) is 5.75 Å². The lowest BCUT2D eigenvalue weighted by Crippen LogP contribution is -2.36. The van der Waals surface area contributed by atoms with E-state index < -0.39 is 0 Å². The molecule has 0 spiro atoms. The zero-order valence-electron chi connectivity index (χ0n) is 16.4. The van der Waals surface area contributed by atoms with Gasteiger partial charge in [-0.3, -0.25) is 0 Å². The van der Waals surface area contributed by atoms with Gasteiger partial charge in [0.15, 0.2) is 5.96 Å². The number of aliphatic imine (C=N–C) groups is 1. The molecule has 0 saturated carbocycles. The van der Waals surface area contributed by atoms with E-state index in [1.54, 1.807) is 13.3 Å². The molecule has 2 aromatic rings. The van der Waals surface area contributed by atoms with Crippen LogP contribution < -0.4 is 20.1 Å². The number of aromatic nitrogens is 1. The standard InChI is InChI=1S/C20H28N4O2.HI/c1-5-21-20(23-12-16-7-6-8-18(11-16)25-4)24-14-17-9-10-19(22-13-17)26-15(2)3;/h6-11,13,15H,5,12,14H2,1-4H3,(H2,21,23,24);1H. The summed E-state index contributed by atoms with van der Waals surface area (Å²) in [6.45, 7) is 8.02. The Hall–Kier alpha value is -2.03. The van der Waals surface area contributed by atoms with E-state index in [-0.39, 0.29) is 30.1 Å². The quantitative estimate of drug-likeness (QED) is 0.340. The van der Waals surface area contributed by atoms with Gasteiger partial charge in [-0.25, -0.2) is 9.98 Å². The zero-order chi connectivity index (χ0) is 18.8. The molecule has 0 radical (unpaired) electrons. The molecule has 1 heterocycles. The van der Waals surface area contributed by atoms with Gasteiger partial charge in [0.2, 0.25) is 5.88 Å². The van der Waals surface area contributed by atoms with Crippen molar-refractivity contribution in [2.75, 3.05) is 13.7 Å². The molecular weight excluding hydrogens is 455 g/mol. The summed E-state index contributed by atoms with van der Waals surface area (Å²) in [7, 11) is 1.67. The van der Waals surface area contributed by atoms with Crippen molar-refractivity contribution in [3.05, 3.63) is 53.7 Å². The van der Waals surface area contributed by atoms with Gasteiger partial charge in [0.25, 0.3) is 0 Å². The number of halogens is 1. The summed E-state index contributed by atoms with van der Waals surface area (Å²) in [5.41, 5.74) is 2.16. The summed E-state index contributed by atoms with van der Waals surface area (Å²) in [6.07, 6.45) is 1.92. The van der Waals surface area contributed by atoms with Crippen LogP contribution in [0.2, 0.25) is 0 Å². The van der Waals surface area contributed by atoms with E-state index in [0.29, 0.717) is 19.0 Å². The molecule has 1 aromatic carbocycles. The van der Waals surface area contributed by atoms with Crippen LogP contribution in [0.5, 0.6) is 11.6 Å². The lowest BCUT2D eigenvalue weighted by atomic mass is 10.2. The fourth-order valence-corrected chi connectivity index (χ4v) is 2.30. The molecule has 0 aliphatic rings. The fraction of sp³-hybridized carbons (Fsp3) is 0.400. The van der Waals surface area contributed by atoms with Crippen LogP contribution in [-0.2, 0) is 13.1 Å². The largest absolute Gasteiger partial charge is 0.497 e. The first-order chi connectivity index (χ1) is 12.6. The highest BCUT2D eigenvalue weighted by molar-refractivity contribution is 14.0. The minimum absolute atomic E-state index is 0. The van der Waals surface area contributed by atoms with Crippen molar-refractivity contribution >= 4 is 29.9 Å². The van der Waals surface area contributed by atoms with Crippen molar-refractivity contribution in [1.82, 2.24) is 15.6 Å². The number of hydrogen-bond donors (Lipinski definition) is 2. The third-order valence-electron chi connectivity index (χ3n) is 3.51. The molecule has 0 atom stereocenters. The Morgan fingerprint density at radius 1 is 1.15 bits per heavy atom. The lowest BCUT2D eigenvalue weighted by molar-refractivity contribution is 0.232. The molecule has 2 N–H and O–H groups in total. The Bertz CT molecular complexity index is 705. The summed E-state index contributed by atoms with van der Waals surface area (Å²) < 4.78 is 10.8. The van der Waals surface area contributed by atoms with E-state index in [2.05, 4.69) is 26.7 Å². The van der Waals surface area contributed by atoms with Crippen LogP contribution in [-0.4, -0.2) is 30.7 Å². The molecule has 27 heavy (non-hydrogen) atoms. The number of hydrogen-bond acceptors (Lipinski definition) is 4. The Balaban J connectivity index is 0.00000364. The van der Waals surface area contributed by atoms with E-state index in [4.69, 9.17) is 9.47 Å². The summed E-state index contributed by atoms with van der Waals surface area (Å²) >= 11 is 0. The molecule has 148 valence electrons. The van der Waals surface area contributed by atoms with E-state index in [9.17, 15) is 0 Å². The third-order valence-corrected chi connectivity index (χ3v) is 3.51. The van der Waals surface area contributed by atoms with E-state index in [0.717, 1.165) is 29.4 Å². The molecule has 0 saturated heterocycles. The first kappa shape index (κ1) is 23.0. The molecule has 6 nitrogen and oxygen atoms in total. The van der Waals surface area contributed by atoms with Crippen LogP contribution in [0.3, 0.4) is 0 Å². The second-order valence-corrected chi connectivity index (χ2v) is 6.07. The van der Waals surface area contributed by atoms with E-state index >= 15 is 0 Å². The topological polar surface area (TPSA) is 67.8 Å². The molecular formula is C20H29IN4O2. The number of pyridine rings is 1. The van der Waals surface area contributed by atoms with Crippen LogP contribution in [0.25, 0.3) is 0 Å². The number of benzene rings is 1. The van der Waals surface area contributed by atoms with Gasteiger partial charge in [-0.2, -0.15) is 0 Å². The van der Waals surface area contributed by atoms with Crippen molar-refractivity contribution in [2.24, 2.45) is 4.99 Å². The lowest BCUT2D eigenvalue weighted by Gasteiger charge is -2.12. The van der Waals surface area contributed by atoms with Gasteiger partial charge < -0.3 is 20.1 Å². The highest BCUT2D eigenvalue weighted by Gasteiger charge is 2.02. The fourth-order valence-electron chi connectivity index (χ4n) is 2.30. The average Bonchev–Trinajstić information content (AvgIpc) is 2.65. The van der Waals surface area contributed by atoms with Crippen LogP contribution >= 0.6 is 24.0 Å². The number of nitrogens with zero attached hydrogens (tertiary/aromatic N) is 2. The predicted octanol–water partition coefficient (Wildman–Crippen LogP) is 3.75. The molecule has 0 fully saturated rings. The Labute approximate surface area is 178 Å². The highest BCUT2D eigenvalue weighted by atomic mass is 127. The van der Waals surface area contributed by atoms with Gasteiger partial charge in [-0.1, -0.05) is 18.2 Å². The first-order valence-electron chi connectivity index (χ1n) is 8.87. The predicted molar refractivity (Wildman–Crippen MR) is 120 cm³/mol. The number of ether oxygens (including phenoxy) is 2. The van der Waals surface area contributed by atoms with Crippen molar-refractivity contribution < 1.29 is 9.47 Å². The summed E-state index contributed by atoms with van der Waals surface area (Å²) in [5.74, 6) is 2.25. The maximum atomic E-state index is 5.56. The number of methoxy groups -OCH3 is 1. The second kappa shape index (κ2) is 12.4. The molecule has 1 aromatic heterocycles. The maximum absolute atomic E-state index is 5.56. The van der Waals surface area contributed by atoms with Crippen molar-refractivity contribution in [1.29, 1.82) is 0 Å². The molecule has 0 bridgehead atoms.